The fourth-order valence-corrected chi connectivity index (χ4v) is 4.51. The highest BCUT2D eigenvalue weighted by Gasteiger charge is 2.50. The maximum atomic E-state index is 13.2. The first-order valence-corrected chi connectivity index (χ1v) is 10.3. The Morgan fingerprint density at radius 2 is 1.76 bits per heavy atom. The van der Waals surface area contributed by atoms with Crippen LogP contribution in [-0.4, -0.2) is 24.4 Å². The van der Waals surface area contributed by atoms with Gasteiger partial charge in [-0.1, -0.05) is 43.3 Å². The van der Waals surface area contributed by atoms with Crippen molar-refractivity contribution in [3.63, 3.8) is 0 Å². The van der Waals surface area contributed by atoms with E-state index in [9.17, 15) is 14.4 Å². The van der Waals surface area contributed by atoms with Gasteiger partial charge in [0.2, 0.25) is 11.8 Å². The highest BCUT2D eigenvalue weighted by molar-refractivity contribution is 6.22. The average Bonchev–Trinajstić information content (AvgIpc) is 3.02. The van der Waals surface area contributed by atoms with E-state index in [0.717, 1.165) is 12.8 Å². The number of benzene rings is 2. The zero-order valence-corrected chi connectivity index (χ0v) is 16.5. The Bertz CT molecular complexity index is 923. The second-order valence-electron chi connectivity index (χ2n) is 7.83. The van der Waals surface area contributed by atoms with E-state index < -0.39 is 5.97 Å². The molecular weight excluding hydrogens is 366 g/mol. The number of hydrogen-bond acceptors (Lipinski definition) is 4. The molecule has 2 amide bonds. The third-order valence-corrected chi connectivity index (χ3v) is 5.97. The summed E-state index contributed by atoms with van der Waals surface area (Å²) in [5.74, 6) is -1.00. The van der Waals surface area contributed by atoms with Gasteiger partial charge in [-0.05, 0) is 55.4 Å². The lowest BCUT2D eigenvalue weighted by Crippen LogP contribution is -2.31. The van der Waals surface area contributed by atoms with E-state index in [0.29, 0.717) is 36.6 Å². The standard InChI is InChI=1S/C24H25NO4/c1-2-13-29-24(28)18-9-6-10-19(14-18)25-22(26)20-12-11-17(15-21(20)23(25)27)16-7-4-3-5-8-16/h3-10,14,17,20-21H,2,11-13,15H2,1H3/t17-,20+,21+/m1/s1. The van der Waals surface area contributed by atoms with Crippen LogP contribution in [0.5, 0.6) is 0 Å². The van der Waals surface area contributed by atoms with E-state index in [4.69, 9.17) is 4.74 Å². The van der Waals surface area contributed by atoms with Gasteiger partial charge in [-0.2, -0.15) is 0 Å². The van der Waals surface area contributed by atoms with E-state index in [1.165, 1.54) is 10.5 Å². The normalized spacial score (nSPS) is 23.8. The molecule has 29 heavy (non-hydrogen) atoms. The minimum atomic E-state index is -0.436. The number of rotatable bonds is 5. The molecule has 2 aromatic rings. The number of carbonyl (C=O) groups is 3. The van der Waals surface area contributed by atoms with E-state index in [1.807, 2.05) is 25.1 Å². The predicted molar refractivity (Wildman–Crippen MR) is 110 cm³/mol. The van der Waals surface area contributed by atoms with Crippen molar-refractivity contribution in [1.29, 1.82) is 0 Å². The van der Waals surface area contributed by atoms with Gasteiger partial charge in [0.25, 0.3) is 0 Å². The predicted octanol–water partition coefficient (Wildman–Crippen LogP) is 4.33. The van der Waals surface area contributed by atoms with E-state index in [1.54, 1.807) is 24.3 Å². The molecule has 5 heteroatoms. The van der Waals surface area contributed by atoms with Crippen LogP contribution in [0.25, 0.3) is 0 Å². The SMILES string of the molecule is CCCOC(=O)c1cccc(N2C(=O)[C@H]3CC[C@@H](c4ccccc4)C[C@@H]3C2=O)c1. The lowest BCUT2D eigenvalue weighted by molar-refractivity contribution is -0.122. The minimum Gasteiger partial charge on any atom is -0.462 e. The summed E-state index contributed by atoms with van der Waals surface area (Å²) < 4.78 is 5.18. The van der Waals surface area contributed by atoms with Crippen LogP contribution in [0.4, 0.5) is 5.69 Å². The topological polar surface area (TPSA) is 63.7 Å². The van der Waals surface area contributed by atoms with E-state index >= 15 is 0 Å². The van der Waals surface area contributed by atoms with Crippen LogP contribution >= 0.6 is 0 Å². The van der Waals surface area contributed by atoms with Crippen molar-refractivity contribution < 1.29 is 19.1 Å². The van der Waals surface area contributed by atoms with Crippen LogP contribution in [0.15, 0.2) is 54.6 Å². The minimum absolute atomic E-state index is 0.148. The van der Waals surface area contributed by atoms with Gasteiger partial charge >= 0.3 is 5.97 Å². The molecule has 0 bridgehead atoms. The summed E-state index contributed by atoms with van der Waals surface area (Å²) in [5, 5.41) is 0. The van der Waals surface area contributed by atoms with Crippen molar-refractivity contribution in [2.75, 3.05) is 11.5 Å². The molecule has 5 nitrogen and oxygen atoms in total. The third-order valence-electron chi connectivity index (χ3n) is 5.97. The summed E-state index contributed by atoms with van der Waals surface area (Å²) in [7, 11) is 0. The third kappa shape index (κ3) is 3.69. The quantitative estimate of drug-likeness (QED) is 0.562. The smallest absolute Gasteiger partial charge is 0.338 e. The summed E-state index contributed by atoms with van der Waals surface area (Å²) in [6.45, 7) is 2.27. The fraction of sp³-hybridized carbons (Fsp3) is 0.375. The molecule has 0 aromatic heterocycles. The molecule has 0 N–H and O–H groups in total. The van der Waals surface area contributed by atoms with E-state index in [2.05, 4.69) is 12.1 Å². The molecule has 1 aliphatic heterocycles. The van der Waals surface area contributed by atoms with Crippen molar-refractivity contribution in [1.82, 2.24) is 0 Å². The van der Waals surface area contributed by atoms with Gasteiger partial charge in [-0.15, -0.1) is 0 Å². The van der Waals surface area contributed by atoms with Crippen molar-refractivity contribution in [3.8, 4) is 0 Å². The maximum Gasteiger partial charge on any atom is 0.338 e. The number of nitrogens with zero attached hydrogens (tertiary/aromatic N) is 1. The molecule has 2 aliphatic rings. The van der Waals surface area contributed by atoms with Gasteiger partial charge < -0.3 is 4.74 Å². The van der Waals surface area contributed by atoms with Gasteiger partial charge in [0, 0.05) is 0 Å². The van der Waals surface area contributed by atoms with Gasteiger partial charge in [-0.25, -0.2) is 4.79 Å². The van der Waals surface area contributed by atoms with Gasteiger partial charge in [0.05, 0.1) is 29.7 Å². The fourth-order valence-electron chi connectivity index (χ4n) is 4.51. The Balaban J connectivity index is 1.55. The van der Waals surface area contributed by atoms with Crippen molar-refractivity contribution in [3.05, 3.63) is 65.7 Å². The summed E-state index contributed by atoms with van der Waals surface area (Å²) in [5.41, 5.74) is 2.04. The average molecular weight is 391 g/mol. The molecule has 1 saturated carbocycles. The second kappa shape index (κ2) is 8.19. The molecule has 3 atom stereocenters. The molecule has 0 spiro atoms. The van der Waals surface area contributed by atoms with Crippen LogP contribution in [0, 0.1) is 11.8 Å². The second-order valence-corrected chi connectivity index (χ2v) is 7.83. The molecule has 4 rings (SSSR count). The largest absolute Gasteiger partial charge is 0.462 e. The summed E-state index contributed by atoms with van der Waals surface area (Å²) in [6.07, 6.45) is 3.04. The van der Waals surface area contributed by atoms with Gasteiger partial charge in [0.15, 0.2) is 0 Å². The van der Waals surface area contributed by atoms with Crippen molar-refractivity contribution in [2.24, 2.45) is 11.8 Å². The summed E-state index contributed by atoms with van der Waals surface area (Å²) >= 11 is 0. The summed E-state index contributed by atoms with van der Waals surface area (Å²) in [4.78, 5) is 39.7. The first-order chi connectivity index (χ1) is 14.1. The molecule has 0 radical (unpaired) electrons. The van der Waals surface area contributed by atoms with Gasteiger partial charge in [-0.3, -0.25) is 14.5 Å². The molecule has 1 aliphatic carbocycles. The molecule has 1 heterocycles. The number of esters is 1. The van der Waals surface area contributed by atoms with Crippen molar-refractivity contribution in [2.45, 2.75) is 38.5 Å². The Morgan fingerprint density at radius 1 is 1.00 bits per heavy atom. The first kappa shape index (κ1) is 19.4. The zero-order valence-electron chi connectivity index (χ0n) is 16.5. The molecular formula is C24H25NO4. The zero-order chi connectivity index (χ0) is 20.4. The molecule has 1 saturated heterocycles. The number of imide groups is 1. The lowest BCUT2D eigenvalue weighted by Gasteiger charge is -2.28. The summed E-state index contributed by atoms with van der Waals surface area (Å²) in [6, 6.07) is 16.8. The lowest BCUT2D eigenvalue weighted by atomic mass is 9.73. The van der Waals surface area contributed by atoms with Crippen LogP contribution < -0.4 is 4.90 Å². The number of amides is 2. The monoisotopic (exact) mass is 391 g/mol. The molecule has 2 aromatic carbocycles. The van der Waals surface area contributed by atoms with Crippen LogP contribution in [-0.2, 0) is 14.3 Å². The number of fused-ring (bicyclic) bond motifs is 1. The molecule has 2 fully saturated rings. The molecule has 0 unspecified atom stereocenters. The number of anilines is 1. The Kier molecular flexibility index (Phi) is 5.47. The van der Waals surface area contributed by atoms with Crippen LogP contribution in [0.3, 0.4) is 0 Å². The number of ether oxygens (including phenoxy) is 1. The Labute approximate surface area is 170 Å². The number of hydrogen-bond donors (Lipinski definition) is 0. The first-order valence-electron chi connectivity index (χ1n) is 10.3. The van der Waals surface area contributed by atoms with Gasteiger partial charge in [0.1, 0.15) is 0 Å². The Hall–Kier alpha value is -2.95. The van der Waals surface area contributed by atoms with Crippen molar-refractivity contribution >= 4 is 23.5 Å². The number of carbonyl (C=O) groups excluding carboxylic acids is 3. The van der Waals surface area contributed by atoms with Crippen LogP contribution in [0.2, 0.25) is 0 Å². The molecule has 150 valence electrons. The highest BCUT2D eigenvalue weighted by atomic mass is 16.5. The maximum absolute atomic E-state index is 13.2. The Morgan fingerprint density at radius 3 is 2.52 bits per heavy atom. The van der Waals surface area contributed by atoms with Crippen LogP contribution in [0.1, 0.15) is 54.4 Å². The van der Waals surface area contributed by atoms with E-state index in [-0.39, 0.29) is 23.7 Å². The highest BCUT2D eigenvalue weighted by Crippen LogP contribution is 2.45.